The van der Waals surface area contributed by atoms with Crippen molar-refractivity contribution in [3.8, 4) is 0 Å². The Balaban J connectivity index is 2.00. The molecule has 0 amide bonds. The third-order valence-corrected chi connectivity index (χ3v) is 3.63. The van der Waals surface area contributed by atoms with Crippen molar-refractivity contribution < 1.29 is 0 Å². The third-order valence-electron chi connectivity index (χ3n) is 2.41. The summed E-state index contributed by atoms with van der Waals surface area (Å²) in [5.41, 5.74) is 5.55. The van der Waals surface area contributed by atoms with Crippen LogP contribution in [0, 0.1) is 6.92 Å². The van der Waals surface area contributed by atoms with Crippen molar-refractivity contribution in [2.75, 3.05) is 11.1 Å². The maximum absolute atomic E-state index is 5.83. The van der Waals surface area contributed by atoms with Gasteiger partial charge in [-0.3, -0.25) is 0 Å². The van der Waals surface area contributed by atoms with Crippen LogP contribution >= 0.6 is 22.9 Å². The van der Waals surface area contributed by atoms with Gasteiger partial charge in [0.15, 0.2) is 0 Å². The van der Waals surface area contributed by atoms with Gasteiger partial charge in [-0.05, 0) is 26.0 Å². The maximum Gasteiger partial charge on any atom is 0.223 e. The largest absolute Gasteiger partial charge is 0.368 e. The normalized spacial score (nSPS) is 12.4. The van der Waals surface area contributed by atoms with Gasteiger partial charge < -0.3 is 11.1 Å². The Bertz CT molecular complexity index is 520. The van der Waals surface area contributed by atoms with Crippen molar-refractivity contribution in [2.24, 2.45) is 0 Å². The molecule has 0 saturated heterocycles. The minimum absolute atomic E-state index is 0.184. The van der Waals surface area contributed by atoms with E-state index in [1.54, 1.807) is 6.07 Å². The molecule has 4 nitrogen and oxygen atoms in total. The first kappa shape index (κ1) is 13.1. The average Bonchev–Trinajstić information content (AvgIpc) is 2.61. The summed E-state index contributed by atoms with van der Waals surface area (Å²) in [6.45, 7) is 4.21. The van der Waals surface area contributed by atoms with Gasteiger partial charge in [0.2, 0.25) is 5.95 Å². The number of nitrogens with one attached hydrogen (secondary N) is 1. The van der Waals surface area contributed by atoms with Crippen LogP contribution in [0.25, 0.3) is 0 Å². The molecule has 0 aliphatic heterocycles. The fraction of sp³-hybridized carbons (Fsp3) is 0.333. The van der Waals surface area contributed by atoms with Gasteiger partial charge in [-0.1, -0.05) is 11.6 Å². The molecule has 1 unspecified atom stereocenters. The molecule has 2 rings (SSSR count). The molecule has 3 N–H and O–H groups in total. The van der Waals surface area contributed by atoms with Crippen molar-refractivity contribution in [3.05, 3.63) is 33.1 Å². The molecule has 2 aromatic rings. The van der Waals surface area contributed by atoms with Gasteiger partial charge in [0.1, 0.15) is 11.0 Å². The highest BCUT2D eigenvalue weighted by molar-refractivity contribution is 7.11. The smallest absolute Gasteiger partial charge is 0.223 e. The van der Waals surface area contributed by atoms with Crippen LogP contribution in [-0.4, -0.2) is 16.0 Å². The van der Waals surface area contributed by atoms with Crippen molar-refractivity contribution in [1.82, 2.24) is 9.97 Å². The summed E-state index contributed by atoms with van der Waals surface area (Å²) in [5, 5.41) is 3.62. The second-order valence-electron chi connectivity index (χ2n) is 4.20. The number of halogens is 1. The predicted molar refractivity (Wildman–Crippen MR) is 77.3 cm³/mol. The summed E-state index contributed by atoms with van der Waals surface area (Å²) < 4.78 is 0. The van der Waals surface area contributed by atoms with Crippen LogP contribution in [0.3, 0.4) is 0 Å². The van der Waals surface area contributed by atoms with Crippen molar-refractivity contribution in [1.29, 1.82) is 0 Å². The van der Waals surface area contributed by atoms with Crippen LogP contribution in [0.5, 0.6) is 0 Å². The van der Waals surface area contributed by atoms with E-state index in [0.29, 0.717) is 11.0 Å². The number of nitrogens with two attached hydrogens (primary N) is 1. The Kier molecular flexibility index (Phi) is 4.04. The van der Waals surface area contributed by atoms with Gasteiger partial charge in [-0.25, -0.2) is 4.98 Å². The summed E-state index contributed by atoms with van der Waals surface area (Å²) in [7, 11) is 0. The Labute approximate surface area is 115 Å². The second kappa shape index (κ2) is 5.54. The van der Waals surface area contributed by atoms with Crippen molar-refractivity contribution >= 4 is 34.7 Å². The number of hydrogen-bond donors (Lipinski definition) is 2. The van der Waals surface area contributed by atoms with Crippen LogP contribution in [0.15, 0.2) is 18.2 Å². The Hall–Kier alpha value is -1.33. The predicted octanol–water partition coefficient (Wildman–Crippen LogP) is 3.13. The van der Waals surface area contributed by atoms with Gasteiger partial charge in [0.25, 0.3) is 0 Å². The molecule has 1 atom stereocenters. The molecule has 96 valence electrons. The molecule has 0 saturated carbocycles. The Morgan fingerprint density at radius 2 is 2.22 bits per heavy atom. The number of nitrogen functional groups attached to an aromatic ring is 1. The van der Waals surface area contributed by atoms with E-state index in [-0.39, 0.29) is 12.0 Å². The molecule has 0 spiro atoms. The van der Waals surface area contributed by atoms with E-state index in [2.05, 4.69) is 41.3 Å². The molecule has 18 heavy (non-hydrogen) atoms. The summed E-state index contributed by atoms with van der Waals surface area (Å²) >= 11 is 7.64. The number of hydrogen-bond acceptors (Lipinski definition) is 5. The second-order valence-corrected chi connectivity index (χ2v) is 5.96. The van der Waals surface area contributed by atoms with E-state index < -0.39 is 0 Å². The minimum Gasteiger partial charge on any atom is -0.368 e. The van der Waals surface area contributed by atoms with E-state index in [4.69, 9.17) is 17.3 Å². The molecular weight excluding hydrogens is 268 g/mol. The number of aromatic nitrogens is 2. The van der Waals surface area contributed by atoms with E-state index in [0.717, 1.165) is 6.42 Å². The summed E-state index contributed by atoms with van der Waals surface area (Å²) in [6.07, 6.45) is 0.944. The lowest BCUT2D eigenvalue weighted by atomic mass is 10.2. The van der Waals surface area contributed by atoms with Crippen molar-refractivity contribution in [3.63, 3.8) is 0 Å². The molecular formula is C12H15ClN4S. The third kappa shape index (κ3) is 3.58. The number of thiophene rings is 1. The van der Waals surface area contributed by atoms with Gasteiger partial charge in [0.05, 0.1) is 0 Å². The molecule has 0 aliphatic rings. The van der Waals surface area contributed by atoms with Crippen LogP contribution in [0.4, 0.5) is 11.8 Å². The average molecular weight is 283 g/mol. The number of anilines is 2. The molecule has 0 radical (unpaired) electrons. The van der Waals surface area contributed by atoms with Gasteiger partial charge in [0, 0.05) is 28.3 Å². The van der Waals surface area contributed by atoms with E-state index in [1.807, 2.05) is 11.3 Å². The topological polar surface area (TPSA) is 63.8 Å². The molecule has 0 aromatic carbocycles. The summed E-state index contributed by atoms with van der Waals surface area (Å²) in [6, 6.07) is 6.22. The highest BCUT2D eigenvalue weighted by Gasteiger charge is 2.07. The zero-order valence-corrected chi connectivity index (χ0v) is 11.8. The number of aryl methyl sites for hydroxylation is 1. The SMILES string of the molecule is Cc1ccc(CC(C)Nc2cc(Cl)nc(N)n2)s1. The molecule has 2 heterocycles. The number of rotatable bonds is 4. The Morgan fingerprint density at radius 1 is 1.44 bits per heavy atom. The van der Waals surface area contributed by atoms with Crippen LogP contribution < -0.4 is 11.1 Å². The lowest BCUT2D eigenvalue weighted by Crippen LogP contribution is -2.18. The first-order valence-corrected chi connectivity index (χ1v) is 6.84. The fourth-order valence-corrected chi connectivity index (χ4v) is 2.92. The molecule has 6 heteroatoms. The highest BCUT2D eigenvalue weighted by Crippen LogP contribution is 2.19. The summed E-state index contributed by atoms with van der Waals surface area (Å²) in [4.78, 5) is 10.6. The van der Waals surface area contributed by atoms with E-state index in [1.165, 1.54) is 9.75 Å². The van der Waals surface area contributed by atoms with Gasteiger partial charge in [-0.15, -0.1) is 11.3 Å². The van der Waals surface area contributed by atoms with Crippen LogP contribution in [-0.2, 0) is 6.42 Å². The van der Waals surface area contributed by atoms with Crippen LogP contribution in [0.2, 0.25) is 5.15 Å². The van der Waals surface area contributed by atoms with Gasteiger partial charge >= 0.3 is 0 Å². The van der Waals surface area contributed by atoms with Crippen molar-refractivity contribution in [2.45, 2.75) is 26.3 Å². The standard InChI is InChI=1S/C12H15ClN4S/c1-7(5-9-4-3-8(2)18-9)15-11-6-10(13)16-12(14)17-11/h3-4,6-7H,5H2,1-2H3,(H3,14,15,16,17). The quantitative estimate of drug-likeness (QED) is 0.846. The highest BCUT2D eigenvalue weighted by atomic mass is 35.5. The molecule has 0 aliphatic carbocycles. The maximum atomic E-state index is 5.83. The lowest BCUT2D eigenvalue weighted by molar-refractivity contribution is 0.794. The minimum atomic E-state index is 0.184. The van der Waals surface area contributed by atoms with Gasteiger partial charge in [-0.2, -0.15) is 4.98 Å². The zero-order chi connectivity index (χ0) is 13.1. The molecule has 0 fully saturated rings. The Morgan fingerprint density at radius 3 is 2.83 bits per heavy atom. The van der Waals surface area contributed by atoms with E-state index in [9.17, 15) is 0 Å². The molecule has 2 aromatic heterocycles. The van der Waals surface area contributed by atoms with E-state index >= 15 is 0 Å². The van der Waals surface area contributed by atoms with Crippen LogP contribution in [0.1, 0.15) is 16.7 Å². The molecule has 0 bridgehead atoms. The fourth-order valence-electron chi connectivity index (χ4n) is 1.71. The summed E-state index contributed by atoms with van der Waals surface area (Å²) in [5.74, 6) is 0.845. The number of nitrogens with zero attached hydrogens (tertiary/aromatic N) is 2. The lowest BCUT2D eigenvalue weighted by Gasteiger charge is -2.13. The monoisotopic (exact) mass is 282 g/mol. The first-order valence-electron chi connectivity index (χ1n) is 5.65. The zero-order valence-electron chi connectivity index (χ0n) is 10.3. The first-order chi connectivity index (χ1) is 8.52.